The summed E-state index contributed by atoms with van der Waals surface area (Å²) in [5, 5.41) is 9.95. The molecular weight excluding hydrogens is 513 g/mol. The first-order chi connectivity index (χ1) is 16.4. The van der Waals surface area contributed by atoms with Crippen LogP contribution in [-0.4, -0.2) is 45.1 Å². The van der Waals surface area contributed by atoms with E-state index in [2.05, 4.69) is 26.3 Å². The highest BCUT2D eigenvalue weighted by Crippen LogP contribution is 2.29. The van der Waals surface area contributed by atoms with E-state index in [1.807, 2.05) is 0 Å². The van der Waals surface area contributed by atoms with Crippen molar-refractivity contribution in [2.45, 2.75) is 11.4 Å². The van der Waals surface area contributed by atoms with E-state index >= 15 is 0 Å². The number of carbonyl (C=O) groups is 1. The summed E-state index contributed by atoms with van der Waals surface area (Å²) in [6.07, 6.45) is -4.89. The second-order valence-electron chi connectivity index (χ2n) is 6.48. The summed E-state index contributed by atoms with van der Waals surface area (Å²) in [4.78, 5) is 15.0. The SMILES string of the molecule is COc1ccc(OC(F)(F)F)cc1C#Cc1nc(S(=O)(=O)Nc2ccc(C(=O)O)cc2OC)cs1. The van der Waals surface area contributed by atoms with Crippen LogP contribution in [0.15, 0.2) is 46.8 Å². The summed E-state index contributed by atoms with van der Waals surface area (Å²) >= 11 is 0.885. The van der Waals surface area contributed by atoms with Gasteiger partial charge >= 0.3 is 12.3 Å². The zero-order chi connectivity index (χ0) is 25.8. The number of rotatable bonds is 7. The van der Waals surface area contributed by atoms with E-state index in [1.54, 1.807) is 0 Å². The third-order valence-corrected chi connectivity index (χ3v) is 6.32. The average molecular weight is 528 g/mol. The van der Waals surface area contributed by atoms with E-state index in [0.29, 0.717) is 0 Å². The highest BCUT2D eigenvalue weighted by molar-refractivity contribution is 7.92. The molecule has 0 atom stereocenters. The Morgan fingerprint density at radius 1 is 1.09 bits per heavy atom. The Bertz CT molecular complexity index is 1420. The second-order valence-corrected chi connectivity index (χ2v) is 8.96. The van der Waals surface area contributed by atoms with Crippen molar-refractivity contribution in [3.63, 3.8) is 0 Å². The third kappa shape index (κ3) is 6.55. The average Bonchev–Trinajstić information content (AvgIpc) is 3.27. The smallest absolute Gasteiger partial charge is 0.495 e. The molecule has 3 rings (SSSR count). The number of thiazole rings is 1. The minimum Gasteiger partial charge on any atom is -0.495 e. The molecule has 14 heteroatoms. The fraction of sp³-hybridized carbons (Fsp3) is 0.143. The van der Waals surface area contributed by atoms with Crippen LogP contribution < -0.4 is 18.9 Å². The molecule has 0 unspecified atom stereocenters. The van der Waals surface area contributed by atoms with E-state index < -0.39 is 28.1 Å². The molecule has 0 aliphatic carbocycles. The molecule has 0 aliphatic rings. The van der Waals surface area contributed by atoms with Gasteiger partial charge in [0.15, 0.2) is 10.0 Å². The number of carboxylic acids is 1. The zero-order valence-electron chi connectivity index (χ0n) is 17.8. The number of alkyl halides is 3. The van der Waals surface area contributed by atoms with Gasteiger partial charge < -0.3 is 19.3 Å². The summed E-state index contributed by atoms with van der Waals surface area (Å²) in [6.45, 7) is 0. The van der Waals surface area contributed by atoms with Gasteiger partial charge in [-0.25, -0.2) is 9.78 Å². The van der Waals surface area contributed by atoms with Crippen LogP contribution in [-0.2, 0) is 10.0 Å². The molecule has 0 aliphatic heterocycles. The van der Waals surface area contributed by atoms with Crippen LogP contribution in [0.2, 0.25) is 0 Å². The molecule has 0 fully saturated rings. The molecule has 0 saturated heterocycles. The van der Waals surface area contributed by atoms with E-state index in [0.717, 1.165) is 29.5 Å². The molecule has 1 aromatic heterocycles. The van der Waals surface area contributed by atoms with Crippen molar-refractivity contribution in [3.05, 3.63) is 57.9 Å². The first kappa shape index (κ1) is 25.7. The van der Waals surface area contributed by atoms with Gasteiger partial charge in [-0.05, 0) is 42.3 Å². The molecule has 184 valence electrons. The summed E-state index contributed by atoms with van der Waals surface area (Å²) in [7, 11) is -1.64. The summed E-state index contributed by atoms with van der Waals surface area (Å²) in [5.74, 6) is 3.61. The first-order valence-electron chi connectivity index (χ1n) is 9.27. The largest absolute Gasteiger partial charge is 0.573 e. The van der Waals surface area contributed by atoms with Crippen LogP contribution in [0.4, 0.5) is 18.9 Å². The minimum absolute atomic E-state index is 0.00986. The Hall–Kier alpha value is -3.96. The molecule has 0 radical (unpaired) electrons. The molecule has 9 nitrogen and oxygen atoms in total. The molecule has 0 amide bonds. The standard InChI is InChI=1S/C21H15F3N2O7S2/c1-31-16-7-5-14(33-21(22,23)24)9-12(16)4-8-18-25-19(11-34-18)35(29,30)26-15-6-3-13(20(27)28)10-17(15)32-2/h3,5-7,9-11,26H,1-2H3,(H,27,28). The van der Waals surface area contributed by atoms with E-state index in [4.69, 9.17) is 14.6 Å². The number of methoxy groups -OCH3 is 2. The monoisotopic (exact) mass is 528 g/mol. The van der Waals surface area contributed by atoms with E-state index in [1.165, 1.54) is 37.8 Å². The number of benzene rings is 2. The number of nitrogens with one attached hydrogen (secondary N) is 1. The molecule has 3 aromatic rings. The molecule has 2 N–H and O–H groups in total. The van der Waals surface area contributed by atoms with Crippen molar-refractivity contribution >= 4 is 33.0 Å². The minimum atomic E-state index is -4.89. The highest BCUT2D eigenvalue weighted by Gasteiger charge is 2.31. The number of aromatic nitrogens is 1. The lowest BCUT2D eigenvalue weighted by Crippen LogP contribution is -2.17. The highest BCUT2D eigenvalue weighted by atomic mass is 32.2. The fourth-order valence-electron chi connectivity index (χ4n) is 2.65. The van der Waals surface area contributed by atoms with Crippen molar-refractivity contribution in [2.75, 3.05) is 18.9 Å². The predicted octanol–water partition coefficient (Wildman–Crippen LogP) is 3.96. The Morgan fingerprint density at radius 2 is 1.80 bits per heavy atom. The molecule has 2 aromatic carbocycles. The van der Waals surface area contributed by atoms with Crippen molar-refractivity contribution in [3.8, 4) is 29.1 Å². The lowest BCUT2D eigenvalue weighted by atomic mass is 10.2. The van der Waals surface area contributed by atoms with Crippen molar-refractivity contribution in [1.82, 2.24) is 4.98 Å². The maximum Gasteiger partial charge on any atom is 0.573 e. The Kier molecular flexibility index (Phi) is 7.42. The summed E-state index contributed by atoms with van der Waals surface area (Å²) in [6, 6.07) is 6.92. The number of halogens is 3. The van der Waals surface area contributed by atoms with Gasteiger partial charge in [-0.15, -0.1) is 24.5 Å². The van der Waals surface area contributed by atoms with Gasteiger partial charge in [0.2, 0.25) is 0 Å². The van der Waals surface area contributed by atoms with Gasteiger partial charge in [-0.1, -0.05) is 5.92 Å². The van der Waals surface area contributed by atoms with Crippen LogP contribution in [0.3, 0.4) is 0 Å². The van der Waals surface area contributed by atoms with Crippen LogP contribution in [0, 0.1) is 11.8 Å². The van der Waals surface area contributed by atoms with Crippen molar-refractivity contribution in [2.24, 2.45) is 0 Å². The van der Waals surface area contributed by atoms with E-state index in [9.17, 15) is 26.4 Å². The van der Waals surface area contributed by atoms with Gasteiger partial charge in [0.25, 0.3) is 10.0 Å². The molecule has 0 spiro atoms. The van der Waals surface area contributed by atoms with Gasteiger partial charge in [0.1, 0.15) is 17.2 Å². The second kappa shape index (κ2) is 10.1. The number of hydrogen-bond acceptors (Lipinski definition) is 8. The number of hydrogen-bond donors (Lipinski definition) is 2. The number of sulfonamides is 1. The van der Waals surface area contributed by atoms with Crippen LogP contribution >= 0.6 is 11.3 Å². The van der Waals surface area contributed by atoms with Crippen LogP contribution in [0.1, 0.15) is 20.9 Å². The molecular formula is C21H15F3N2O7S2. The normalized spacial score (nSPS) is 11.2. The van der Waals surface area contributed by atoms with Gasteiger partial charge in [0, 0.05) is 5.38 Å². The predicted molar refractivity (Wildman–Crippen MR) is 119 cm³/mol. The lowest BCUT2D eigenvalue weighted by molar-refractivity contribution is -0.274. The first-order valence-corrected chi connectivity index (χ1v) is 11.6. The zero-order valence-corrected chi connectivity index (χ0v) is 19.5. The third-order valence-electron chi connectivity index (χ3n) is 4.16. The molecule has 1 heterocycles. The number of aromatic carboxylic acids is 1. The van der Waals surface area contributed by atoms with Gasteiger partial charge in [-0.2, -0.15) is 8.42 Å². The van der Waals surface area contributed by atoms with E-state index in [-0.39, 0.29) is 38.3 Å². The van der Waals surface area contributed by atoms with Gasteiger partial charge in [0.05, 0.1) is 31.0 Å². The molecule has 0 saturated carbocycles. The van der Waals surface area contributed by atoms with Crippen LogP contribution in [0.25, 0.3) is 0 Å². The Balaban J connectivity index is 1.86. The fourth-order valence-corrected chi connectivity index (χ4v) is 4.66. The Labute approximate surface area is 201 Å². The Morgan fingerprint density at radius 3 is 2.43 bits per heavy atom. The van der Waals surface area contributed by atoms with Crippen molar-refractivity contribution in [1.29, 1.82) is 0 Å². The quantitative estimate of drug-likeness (QED) is 0.442. The summed E-state index contributed by atoms with van der Waals surface area (Å²) < 4.78 is 79.2. The molecule has 35 heavy (non-hydrogen) atoms. The molecule has 0 bridgehead atoms. The summed E-state index contributed by atoms with van der Waals surface area (Å²) in [5.41, 5.74) is -0.0456. The maximum atomic E-state index is 12.7. The number of ether oxygens (including phenoxy) is 3. The number of carboxylic acid groups (broad SMARTS) is 1. The van der Waals surface area contributed by atoms with Crippen molar-refractivity contribution < 1.29 is 45.7 Å². The van der Waals surface area contributed by atoms with Gasteiger partial charge in [-0.3, -0.25) is 4.72 Å². The maximum absolute atomic E-state index is 12.7. The lowest BCUT2D eigenvalue weighted by Gasteiger charge is -2.11. The number of nitrogens with zero attached hydrogens (tertiary/aromatic N) is 1. The number of anilines is 1. The van der Waals surface area contributed by atoms with Crippen LogP contribution in [0.5, 0.6) is 17.2 Å². The topological polar surface area (TPSA) is 124 Å².